The third kappa shape index (κ3) is 8.82. The van der Waals surface area contributed by atoms with E-state index < -0.39 is 39.5 Å². The lowest BCUT2D eigenvalue weighted by molar-refractivity contribution is -0.385. The Hall–Kier alpha value is -3.49. The van der Waals surface area contributed by atoms with Crippen molar-refractivity contribution >= 4 is 45.8 Å². The molecule has 0 saturated carbocycles. The Kier molecular flexibility index (Phi) is 11.2. The molecule has 0 radical (unpaired) electrons. The van der Waals surface area contributed by atoms with E-state index in [9.17, 15) is 32.9 Å². The van der Waals surface area contributed by atoms with Crippen LogP contribution in [0.1, 0.15) is 25.0 Å². The molecule has 0 amide bonds. The molecule has 2 aromatic rings. The van der Waals surface area contributed by atoms with Crippen molar-refractivity contribution in [2.24, 2.45) is 0 Å². The molecule has 1 N–H and O–H groups in total. The number of halogens is 4. The molecular formula is C23H22ClF3N2O8S. The van der Waals surface area contributed by atoms with Crippen LogP contribution in [0.5, 0.6) is 11.5 Å². The molecule has 1 atom stereocenters. The third-order valence-corrected chi connectivity index (χ3v) is 5.78. The van der Waals surface area contributed by atoms with E-state index in [1.54, 1.807) is 6.92 Å². The highest BCUT2D eigenvalue weighted by molar-refractivity contribution is 8.14. The van der Waals surface area contributed by atoms with E-state index in [4.69, 9.17) is 30.6 Å². The van der Waals surface area contributed by atoms with E-state index >= 15 is 0 Å². The van der Waals surface area contributed by atoms with Crippen LogP contribution in [0, 0.1) is 10.1 Å². The average Bonchev–Trinajstić information content (AvgIpc) is 2.85. The van der Waals surface area contributed by atoms with Gasteiger partial charge in [-0.1, -0.05) is 23.4 Å². The molecule has 0 bridgehead atoms. The van der Waals surface area contributed by atoms with Crippen molar-refractivity contribution in [2.75, 3.05) is 19.5 Å². The number of hydrogen-bond donors (Lipinski definition) is 1. The second-order valence-corrected chi connectivity index (χ2v) is 8.61. The molecule has 15 heteroatoms. The Morgan fingerprint density at radius 1 is 1.24 bits per heavy atom. The molecule has 206 valence electrons. The standard InChI is InChI=1S/C23H22ClF3N2O8S/c1-4-35-21(30)12-38-22(31)13(2)37-28-18(11-34-3)16-10-15(6-7-19(16)29(32)33)36-20-8-5-14(9-17(20)24)23(25,26)27/h5-11,13,28H,4,12H2,1-3H3. The summed E-state index contributed by atoms with van der Waals surface area (Å²) in [5, 5.41) is 10.8. The molecule has 0 heterocycles. The summed E-state index contributed by atoms with van der Waals surface area (Å²) in [5.41, 5.74) is 0.853. The van der Waals surface area contributed by atoms with Gasteiger partial charge in [-0.05, 0) is 44.2 Å². The van der Waals surface area contributed by atoms with Crippen molar-refractivity contribution in [3.05, 3.63) is 68.9 Å². The number of nitro benzene ring substituents is 1. The molecule has 0 spiro atoms. The smallest absolute Gasteiger partial charge is 0.416 e. The number of nitrogens with zero attached hydrogens (tertiary/aromatic N) is 1. The van der Waals surface area contributed by atoms with Crippen LogP contribution in [0.15, 0.2) is 42.7 Å². The molecule has 38 heavy (non-hydrogen) atoms. The molecule has 0 saturated heterocycles. The van der Waals surface area contributed by atoms with E-state index in [-0.39, 0.29) is 40.1 Å². The molecule has 0 aromatic heterocycles. The van der Waals surface area contributed by atoms with Gasteiger partial charge in [0.15, 0.2) is 6.10 Å². The number of rotatable bonds is 12. The zero-order chi connectivity index (χ0) is 28.5. The van der Waals surface area contributed by atoms with Crippen molar-refractivity contribution < 1.29 is 46.7 Å². The maximum absolute atomic E-state index is 12.9. The summed E-state index contributed by atoms with van der Waals surface area (Å²) < 4.78 is 54.0. The van der Waals surface area contributed by atoms with E-state index in [1.165, 1.54) is 26.2 Å². The SMILES string of the molecule is CCOC(=O)CSC(=O)C(C)ONC(=COC)c1cc(Oc2ccc(C(F)(F)F)cc2Cl)ccc1[N+](=O)[O-]. The Morgan fingerprint density at radius 3 is 2.53 bits per heavy atom. The summed E-state index contributed by atoms with van der Waals surface area (Å²) in [6, 6.07) is 6.00. The number of nitrogens with one attached hydrogen (secondary N) is 1. The van der Waals surface area contributed by atoms with E-state index in [2.05, 4.69) is 5.48 Å². The van der Waals surface area contributed by atoms with Gasteiger partial charge in [0.2, 0.25) is 5.12 Å². The first-order chi connectivity index (χ1) is 17.9. The number of alkyl halides is 3. The maximum atomic E-state index is 12.9. The van der Waals surface area contributed by atoms with Gasteiger partial charge < -0.3 is 14.2 Å². The van der Waals surface area contributed by atoms with Crippen molar-refractivity contribution in [1.82, 2.24) is 5.48 Å². The van der Waals surface area contributed by atoms with Gasteiger partial charge in [0.05, 0.1) is 40.5 Å². The van der Waals surface area contributed by atoms with Crippen LogP contribution in [-0.2, 0) is 30.1 Å². The fourth-order valence-electron chi connectivity index (χ4n) is 2.75. The molecular weight excluding hydrogens is 557 g/mol. The summed E-state index contributed by atoms with van der Waals surface area (Å²) in [6.07, 6.45) is -4.64. The number of methoxy groups -OCH3 is 1. The first kappa shape index (κ1) is 30.7. The van der Waals surface area contributed by atoms with Crippen LogP contribution in [-0.4, -0.2) is 41.6 Å². The molecule has 10 nitrogen and oxygen atoms in total. The molecule has 2 rings (SSSR count). The monoisotopic (exact) mass is 578 g/mol. The average molecular weight is 579 g/mol. The first-order valence-electron chi connectivity index (χ1n) is 10.7. The van der Waals surface area contributed by atoms with E-state index in [0.717, 1.165) is 24.5 Å². The minimum Gasteiger partial charge on any atom is -0.502 e. The van der Waals surface area contributed by atoms with Crippen LogP contribution in [0.25, 0.3) is 5.70 Å². The molecule has 0 fully saturated rings. The van der Waals surface area contributed by atoms with Crippen molar-refractivity contribution in [1.29, 1.82) is 0 Å². The number of carbonyl (C=O) groups excluding carboxylic acids is 2. The third-order valence-electron chi connectivity index (χ3n) is 4.49. The largest absolute Gasteiger partial charge is 0.502 e. The van der Waals surface area contributed by atoms with Gasteiger partial charge in [0.25, 0.3) is 5.69 Å². The Balaban J connectivity index is 2.26. The lowest BCUT2D eigenvalue weighted by Gasteiger charge is -2.16. The van der Waals surface area contributed by atoms with Crippen LogP contribution in [0.2, 0.25) is 5.02 Å². The normalized spacial score (nSPS) is 12.4. The summed E-state index contributed by atoms with van der Waals surface area (Å²) in [7, 11) is 1.26. The first-order valence-corrected chi connectivity index (χ1v) is 12.0. The van der Waals surface area contributed by atoms with Crippen molar-refractivity contribution in [2.45, 2.75) is 26.1 Å². The summed E-state index contributed by atoms with van der Waals surface area (Å²) in [5.74, 6) is -0.936. The quantitative estimate of drug-likeness (QED) is 0.144. The summed E-state index contributed by atoms with van der Waals surface area (Å²) in [6.45, 7) is 3.18. The van der Waals surface area contributed by atoms with Crippen LogP contribution >= 0.6 is 23.4 Å². The Bertz CT molecular complexity index is 1210. The van der Waals surface area contributed by atoms with Gasteiger partial charge in [-0.2, -0.15) is 13.2 Å². The molecule has 1 unspecified atom stereocenters. The lowest BCUT2D eigenvalue weighted by Crippen LogP contribution is -2.27. The molecule has 2 aromatic carbocycles. The van der Waals surface area contributed by atoms with Gasteiger partial charge >= 0.3 is 12.1 Å². The number of benzene rings is 2. The highest BCUT2D eigenvalue weighted by atomic mass is 35.5. The van der Waals surface area contributed by atoms with Crippen LogP contribution in [0.4, 0.5) is 18.9 Å². The van der Waals surface area contributed by atoms with Gasteiger partial charge in [-0.25, -0.2) is 0 Å². The predicted octanol–water partition coefficient (Wildman–Crippen LogP) is 5.74. The second kappa shape index (κ2) is 13.9. The Morgan fingerprint density at radius 2 is 1.95 bits per heavy atom. The topological polar surface area (TPSA) is 126 Å². The molecule has 0 aliphatic rings. The number of nitro groups is 1. The minimum atomic E-state index is -4.61. The van der Waals surface area contributed by atoms with Gasteiger partial charge in [-0.3, -0.25) is 30.0 Å². The Labute approximate surface area is 224 Å². The van der Waals surface area contributed by atoms with Gasteiger partial charge in [-0.15, -0.1) is 0 Å². The summed E-state index contributed by atoms with van der Waals surface area (Å²) in [4.78, 5) is 39.9. The van der Waals surface area contributed by atoms with E-state index in [0.29, 0.717) is 17.8 Å². The number of thioether (sulfide) groups is 1. The van der Waals surface area contributed by atoms with Gasteiger partial charge in [0, 0.05) is 6.07 Å². The number of hydroxylamine groups is 1. The van der Waals surface area contributed by atoms with Crippen molar-refractivity contribution in [3.63, 3.8) is 0 Å². The minimum absolute atomic E-state index is 0.00909. The molecule has 0 aliphatic carbocycles. The maximum Gasteiger partial charge on any atom is 0.416 e. The van der Waals surface area contributed by atoms with E-state index in [1.807, 2.05) is 0 Å². The highest BCUT2D eigenvalue weighted by Gasteiger charge is 2.31. The molecule has 0 aliphatic heterocycles. The van der Waals surface area contributed by atoms with Crippen LogP contribution < -0.4 is 10.2 Å². The second-order valence-electron chi connectivity index (χ2n) is 7.22. The zero-order valence-corrected chi connectivity index (χ0v) is 21.7. The fraction of sp³-hybridized carbons (Fsp3) is 0.304. The number of esters is 1. The van der Waals surface area contributed by atoms with Gasteiger partial charge in [0.1, 0.15) is 23.5 Å². The fourth-order valence-corrected chi connectivity index (χ4v) is 3.60. The number of hydrogen-bond acceptors (Lipinski definition) is 10. The predicted molar refractivity (Wildman–Crippen MR) is 132 cm³/mol. The lowest BCUT2D eigenvalue weighted by atomic mass is 10.1. The number of carbonyl (C=O) groups is 2. The van der Waals surface area contributed by atoms with Crippen LogP contribution in [0.3, 0.4) is 0 Å². The number of ether oxygens (including phenoxy) is 3. The highest BCUT2D eigenvalue weighted by Crippen LogP contribution is 2.38. The zero-order valence-electron chi connectivity index (χ0n) is 20.2. The van der Waals surface area contributed by atoms with Crippen molar-refractivity contribution in [3.8, 4) is 11.5 Å². The summed E-state index contributed by atoms with van der Waals surface area (Å²) >= 11 is 6.60.